The van der Waals surface area contributed by atoms with Crippen LogP contribution in [0.4, 0.5) is 4.79 Å². The molecule has 12 nitrogen and oxygen atoms in total. The molecule has 0 aliphatic rings. The average Bonchev–Trinajstić information content (AvgIpc) is 2.83. The van der Waals surface area contributed by atoms with E-state index in [1.807, 2.05) is 0 Å². The zero-order valence-electron chi connectivity index (χ0n) is 24.3. The van der Waals surface area contributed by atoms with E-state index in [-0.39, 0.29) is 37.0 Å². The molecule has 1 amide bonds. The molecule has 0 aliphatic carbocycles. The summed E-state index contributed by atoms with van der Waals surface area (Å²) in [6, 6.07) is 3.00. The molecule has 1 N–H and O–H groups in total. The number of hydrogen-bond acceptors (Lipinski definition) is 11. The van der Waals surface area contributed by atoms with Crippen LogP contribution in [-0.2, 0) is 42.8 Å². The number of hydrogen-bond donors (Lipinski definition) is 1. The predicted octanol–water partition coefficient (Wildman–Crippen LogP) is 4.71. The van der Waals surface area contributed by atoms with Crippen LogP contribution in [0.2, 0.25) is 5.02 Å². The second-order valence-electron chi connectivity index (χ2n) is 9.80. The minimum atomic E-state index is -4.07. The number of alkyl carbamates (subject to hydrolysis) is 1. The lowest BCUT2D eigenvalue weighted by molar-refractivity contribution is -0.167. The zero-order valence-corrected chi connectivity index (χ0v) is 27.5. The summed E-state index contributed by atoms with van der Waals surface area (Å²) in [7, 11) is -2.51. The number of rotatable bonds is 16. The van der Waals surface area contributed by atoms with Crippen molar-refractivity contribution in [1.29, 1.82) is 0 Å². The molecule has 0 aliphatic heterocycles. The molecule has 15 heteroatoms. The Morgan fingerprint density at radius 3 is 2.12 bits per heavy atom. The van der Waals surface area contributed by atoms with Crippen molar-refractivity contribution in [3.05, 3.63) is 27.2 Å². The molecule has 0 fully saturated rings. The zero-order chi connectivity index (χ0) is 31.4. The summed E-state index contributed by atoms with van der Waals surface area (Å²) in [5.41, 5.74) is -3.05. The second kappa shape index (κ2) is 16.5. The minimum absolute atomic E-state index is 0.119. The van der Waals surface area contributed by atoms with E-state index in [0.29, 0.717) is 23.1 Å². The fourth-order valence-corrected chi connectivity index (χ4v) is 5.11. The average molecular weight is 689 g/mol. The van der Waals surface area contributed by atoms with E-state index in [2.05, 4.69) is 21.2 Å². The Morgan fingerprint density at radius 2 is 1.63 bits per heavy atom. The quantitative estimate of drug-likeness (QED) is 0.0845. The van der Waals surface area contributed by atoms with Gasteiger partial charge in [-0.3, -0.25) is 9.50 Å². The van der Waals surface area contributed by atoms with Gasteiger partial charge in [-0.25, -0.2) is 14.4 Å². The molecule has 234 valence electrons. The van der Waals surface area contributed by atoms with E-state index in [4.69, 9.17) is 39.5 Å². The first-order valence-electron chi connectivity index (χ1n) is 12.8. The molecule has 1 aromatic carbocycles. The molecule has 0 unspecified atom stereocenters. The molecule has 0 saturated carbocycles. The van der Waals surface area contributed by atoms with E-state index in [1.54, 1.807) is 27.9 Å². The third-order valence-electron chi connectivity index (χ3n) is 5.18. The van der Waals surface area contributed by atoms with Crippen LogP contribution in [0.1, 0.15) is 65.5 Å². The Hall–Kier alpha value is -2.13. The number of ether oxygens (including phenoxy) is 5. The number of halogens is 2. The van der Waals surface area contributed by atoms with Gasteiger partial charge in [0.2, 0.25) is 5.54 Å². The number of methoxy groups -OCH3 is 1. The Labute approximate surface area is 254 Å². The Morgan fingerprint density at radius 1 is 1.05 bits per heavy atom. The maximum Gasteiger partial charge on any atom is 0.409 e. The van der Waals surface area contributed by atoms with Gasteiger partial charge < -0.3 is 23.7 Å². The summed E-state index contributed by atoms with van der Waals surface area (Å²) in [6.07, 6.45) is -1.69. The van der Waals surface area contributed by atoms with Crippen molar-refractivity contribution in [3.8, 4) is 5.75 Å². The van der Waals surface area contributed by atoms with Crippen molar-refractivity contribution < 1.29 is 50.7 Å². The van der Waals surface area contributed by atoms with E-state index < -0.39 is 51.8 Å². The summed E-state index contributed by atoms with van der Waals surface area (Å²) >= 11 is 9.71. The van der Waals surface area contributed by atoms with Crippen LogP contribution in [0, 0.1) is 0 Å². The van der Waals surface area contributed by atoms with Crippen molar-refractivity contribution in [2.45, 2.75) is 71.1 Å². The Balaban J connectivity index is 3.59. The Kier molecular flexibility index (Phi) is 14.8. The van der Waals surface area contributed by atoms with Crippen molar-refractivity contribution >= 4 is 55.7 Å². The highest BCUT2D eigenvalue weighted by atomic mass is 79.9. The van der Waals surface area contributed by atoms with Crippen LogP contribution in [-0.4, -0.2) is 77.4 Å². The van der Waals surface area contributed by atoms with Crippen LogP contribution in [0.3, 0.4) is 0 Å². The van der Waals surface area contributed by atoms with Crippen molar-refractivity contribution in [2.24, 2.45) is 0 Å². The molecule has 1 rings (SSSR count). The molecular formula is C26H39BrClNO11S. The monoisotopic (exact) mass is 687 g/mol. The van der Waals surface area contributed by atoms with Gasteiger partial charge in [0.15, 0.2) is 0 Å². The molecule has 0 heterocycles. The highest BCUT2D eigenvalue weighted by Gasteiger charge is 2.51. The first kappa shape index (κ1) is 36.9. The number of esters is 2. The smallest absolute Gasteiger partial charge is 0.409 e. The fraction of sp³-hybridized carbons (Fsp3) is 0.654. The first-order valence-corrected chi connectivity index (χ1v) is 15.8. The van der Waals surface area contributed by atoms with E-state index in [9.17, 15) is 22.8 Å². The molecular weight excluding hydrogens is 650 g/mol. The van der Waals surface area contributed by atoms with Crippen molar-refractivity contribution in [2.75, 3.05) is 39.8 Å². The third-order valence-corrected chi connectivity index (χ3v) is 6.75. The number of nitrogens with one attached hydrogen (secondary N) is 1. The summed E-state index contributed by atoms with van der Waals surface area (Å²) in [6.45, 7) is 8.34. The topological polar surface area (TPSA) is 153 Å². The maximum absolute atomic E-state index is 13.2. The molecule has 41 heavy (non-hydrogen) atoms. The number of amides is 1. The lowest BCUT2D eigenvalue weighted by Crippen LogP contribution is -2.62. The van der Waals surface area contributed by atoms with Gasteiger partial charge in [-0.1, -0.05) is 27.5 Å². The summed E-state index contributed by atoms with van der Waals surface area (Å²) in [4.78, 5) is 39.3. The minimum Gasteiger partial charge on any atom is -0.492 e. The van der Waals surface area contributed by atoms with Crippen LogP contribution in [0.25, 0.3) is 0 Å². The van der Waals surface area contributed by atoms with Gasteiger partial charge in [0.1, 0.15) is 17.5 Å². The lowest BCUT2D eigenvalue weighted by Gasteiger charge is -2.32. The van der Waals surface area contributed by atoms with Gasteiger partial charge in [0.05, 0.1) is 31.1 Å². The second-order valence-corrected chi connectivity index (χ2v) is 12.7. The van der Waals surface area contributed by atoms with Gasteiger partial charge in [0, 0.05) is 30.2 Å². The summed E-state index contributed by atoms with van der Waals surface area (Å²) < 4.78 is 56.6. The van der Waals surface area contributed by atoms with Crippen LogP contribution < -0.4 is 10.1 Å². The van der Waals surface area contributed by atoms with Gasteiger partial charge in [-0.05, 0) is 59.6 Å². The lowest BCUT2D eigenvalue weighted by atomic mass is 9.90. The summed E-state index contributed by atoms with van der Waals surface area (Å²) in [5.74, 6) is -1.98. The van der Waals surface area contributed by atoms with Gasteiger partial charge in [-0.15, -0.1) is 0 Å². The highest BCUT2D eigenvalue weighted by Crippen LogP contribution is 2.39. The van der Waals surface area contributed by atoms with Gasteiger partial charge >= 0.3 is 18.0 Å². The molecule has 0 saturated heterocycles. The molecule has 1 atom stereocenters. The van der Waals surface area contributed by atoms with E-state index in [0.717, 1.165) is 6.26 Å². The number of benzene rings is 1. The molecule has 0 radical (unpaired) electrons. The number of carbonyl (C=O) groups is 3. The van der Waals surface area contributed by atoms with Crippen LogP contribution in [0.5, 0.6) is 5.75 Å². The van der Waals surface area contributed by atoms with Crippen LogP contribution >= 0.6 is 27.5 Å². The first-order chi connectivity index (χ1) is 19.0. The SMILES string of the molecule is CCOC(=O)C(CC[C@H](OS(C)(=O)=O)c1cc(OCCCOC)c(Cl)cc1Br)(NC(=O)OC(C)(C)C)C(=O)OCC. The summed E-state index contributed by atoms with van der Waals surface area (Å²) in [5, 5.41) is 2.56. The molecule has 1 aromatic rings. The third kappa shape index (κ3) is 12.3. The van der Waals surface area contributed by atoms with Crippen LogP contribution in [0.15, 0.2) is 16.6 Å². The fourth-order valence-electron chi connectivity index (χ4n) is 3.54. The van der Waals surface area contributed by atoms with Gasteiger partial charge in [0.25, 0.3) is 10.1 Å². The normalized spacial score (nSPS) is 12.8. The Bertz CT molecular complexity index is 1140. The largest absolute Gasteiger partial charge is 0.492 e. The highest BCUT2D eigenvalue weighted by molar-refractivity contribution is 9.10. The molecule has 0 bridgehead atoms. The van der Waals surface area contributed by atoms with Gasteiger partial charge in [-0.2, -0.15) is 8.42 Å². The van der Waals surface area contributed by atoms with E-state index in [1.165, 1.54) is 26.0 Å². The molecule has 0 spiro atoms. The molecule has 0 aromatic heterocycles. The standard InChI is InChI=1S/C26H39BrClNO11S/c1-8-36-22(30)26(23(31)37-9-2,29-24(32)39-25(3,4)5)12-11-20(40-41(7,33)34)17-15-21(19(28)16-18(17)27)38-14-10-13-35-6/h15-16,20H,8-14H2,1-7H3,(H,29,32)/t20-/m0/s1. The number of carbonyl (C=O) groups excluding carboxylic acids is 3. The predicted molar refractivity (Wildman–Crippen MR) is 154 cm³/mol. The van der Waals surface area contributed by atoms with E-state index >= 15 is 0 Å². The maximum atomic E-state index is 13.2. The van der Waals surface area contributed by atoms with Crippen molar-refractivity contribution in [3.63, 3.8) is 0 Å². The van der Waals surface area contributed by atoms with Crippen molar-refractivity contribution in [1.82, 2.24) is 5.32 Å².